The highest BCUT2D eigenvalue weighted by atomic mass is 16.6. The number of methoxy groups -OCH3 is 1. The van der Waals surface area contributed by atoms with Crippen molar-refractivity contribution >= 4 is 35.5 Å². The fraction of sp³-hybridized carbons (Fsp3) is 0.725. The normalized spacial score (nSPS) is 37.8. The molecule has 3 fully saturated rings. The number of allylic oxidation sites excluding steroid dienone is 6. The molecule has 4 aliphatic rings. The summed E-state index contributed by atoms with van der Waals surface area (Å²) in [6, 6.07) is -1.17. The van der Waals surface area contributed by atoms with E-state index in [4.69, 9.17) is 14.2 Å². The van der Waals surface area contributed by atoms with Crippen molar-refractivity contribution in [2.45, 2.75) is 168 Å². The Kier molecular flexibility index (Phi) is 20.7. The lowest BCUT2D eigenvalue weighted by Crippen LogP contribution is -2.61. The van der Waals surface area contributed by atoms with Crippen LogP contribution in [0.1, 0.15) is 126 Å². The van der Waals surface area contributed by atoms with Gasteiger partial charge in [0.1, 0.15) is 35.9 Å². The molecule has 14 heteroatoms. The van der Waals surface area contributed by atoms with Crippen molar-refractivity contribution in [1.82, 2.24) is 4.90 Å². The van der Waals surface area contributed by atoms with Crippen LogP contribution in [-0.2, 0) is 43.0 Å². The molecule has 4 N–H and O–H groups in total. The molecule has 0 aromatic rings. The number of Topliss-reactive ketones (excluding diaryl/α,β-unsaturated/α-hetero) is 3. The van der Waals surface area contributed by atoms with E-state index in [1.54, 1.807) is 34.8 Å². The highest BCUT2D eigenvalue weighted by Crippen LogP contribution is 2.38. The molecule has 2 saturated heterocycles. The van der Waals surface area contributed by atoms with Crippen LogP contribution in [0.25, 0.3) is 0 Å². The van der Waals surface area contributed by atoms with E-state index in [0.717, 1.165) is 10.5 Å². The summed E-state index contributed by atoms with van der Waals surface area (Å²) in [6.07, 6.45) is 12.1. The lowest BCUT2D eigenvalue weighted by atomic mass is 9.75. The number of carbonyl (C=O) groups is 6. The van der Waals surface area contributed by atoms with Gasteiger partial charge in [0.05, 0.1) is 24.4 Å². The second-order valence-electron chi connectivity index (χ2n) is 19.8. The summed E-state index contributed by atoms with van der Waals surface area (Å²) >= 11 is 0. The van der Waals surface area contributed by atoms with E-state index in [9.17, 15) is 49.2 Å². The van der Waals surface area contributed by atoms with Gasteiger partial charge in [0, 0.05) is 56.8 Å². The van der Waals surface area contributed by atoms with E-state index in [-0.39, 0.29) is 61.0 Å². The smallest absolute Gasteiger partial charge is 0.329 e. The topological polar surface area (TPSA) is 214 Å². The molecule has 1 aliphatic carbocycles. The Labute approximate surface area is 385 Å². The molecule has 1 amide bonds. The molecule has 2 bridgehead atoms. The standard InChI is InChI=1S/C51H77NO13/c1-30-14-10-9-11-15-31(2)44(63-8)26-39-19-17-36(7)51(62,65-39)48(59)49(60)52-21-13-12-16-41(52)50(61)64-45(33(4)24-37-18-20-42(55)38(25-37)28-53)27-43(56)32(3)23-35(6)47(58)40(29-54)46(57)34(5)22-30/h9-11,14-15,23,29-30,32-34,36-42,44-45,47,53,55,58,62H,12-13,16-22,24-28H2,1-8H3/t30?,32-,33?,34-,36-,37?,38+,39?,40?,41+,42-,44+,45+,47-,51-/m1/s1. The van der Waals surface area contributed by atoms with Gasteiger partial charge >= 0.3 is 5.97 Å². The third-order valence-electron chi connectivity index (χ3n) is 14.6. The Bertz CT molecular complexity index is 1790. The number of nitrogens with zero attached hydrogens (tertiary/aromatic N) is 1. The lowest BCUT2D eigenvalue weighted by molar-refractivity contribution is -0.265. The molecule has 3 heterocycles. The summed E-state index contributed by atoms with van der Waals surface area (Å²) in [5.74, 6) is -10.3. The van der Waals surface area contributed by atoms with Gasteiger partial charge in [-0.2, -0.15) is 0 Å². The van der Waals surface area contributed by atoms with Crippen LogP contribution in [-0.4, -0.2) is 123 Å². The summed E-state index contributed by atoms with van der Waals surface area (Å²) in [5, 5.41) is 43.6. The lowest BCUT2D eigenvalue weighted by Gasteiger charge is -2.42. The summed E-state index contributed by atoms with van der Waals surface area (Å²) in [4.78, 5) is 83.8. The van der Waals surface area contributed by atoms with E-state index < -0.39 is 89.5 Å². The maximum absolute atomic E-state index is 14.3. The van der Waals surface area contributed by atoms with Crippen LogP contribution in [0.4, 0.5) is 0 Å². The Morgan fingerprint density at radius 1 is 0.923 bits per heavy atom. The minimum Gasteiger partial charge on any atom is -0.460 e. The van der Waals surface area contributed by atoms with E-state index in [2.05, 4.69) is 0 Å². The summed E-state index contributed by atoms with van der Waals surface area (Å²) in [7, 11) is 1.56. The first-order valence-corrected chi connectivity index (χ1v) is 23.9. The fourth-order valence-corrected chi connectivity index (χ4v) is 10.2. The molecule has 5 unspecified atom stereocenters. The first-order valence-electron chi connectivity index (χ1n) is 23.9. The molecule has 14 nitrogen and oxygen atoms in total. The van der Waals surface area contributed by atoms with Crippen LogP contribution in [0.3, 0.4) is 0 Å². The number of ether oxygens (including phenoxy) is 3. The number of aliphatic hydroxyl groups is 4. The van der Waals surface area contributed by atoms with Crippen LogP contribution in [0, 0.1) is 47.3 Å². The average molecular weight is 912 g/mol. The van der Waals surface area contributed by atoms with Crippen molar-refractivity contribution in [3.05, 3.63) is 47.6 Å². The predicted octanol–water partition coefficient (Wildman–Crippen LogP) is 5.57. The number of ketones is 3. The van der Waals surface area contributed by atoms with E-state index in [1.807, 2.05) is 51.2 Å². The number of fused-ring (bicyclic) bond motifs is 3. The van der Waals surface area contributed by atoms with Crippen molar-refractivity contribution in [2.75, 3.05) is 20.3 Å². The first-order chi connectivity index (χ1) is 30.7. The van der Waals surface area contributed by atoms with Crippen molar-refractivity contribution in [3.8, 4) is 0 Å². The fourth-order valence-electron chi connectivity index (χ4n) is 10.2. The Hall–Kier alpha value is -3.66. The van der Waals surface area contributed by atoms with Gasteiger partial charge in [0.15, 0.2) is 0 Å². The summed E-state index contributed by atoms with van der Waals surface area (Å²) < 4.78 is 18.2. The molecule has 3 aliphatic heterocycles. The molecular formula is C51H77NO13. The van der Waals surface area contributed by atoms with Crippen LogP contribution in [0.2, 0.25) is 0 Å². The van der Waals surface area contributed by atoms with E-state index in [0.29, 0.717) is 70.5 Å². The van der Waals surface area contributed by atoms with E-state index >= 15 is 0 Å². The zero-order chi connectivity index (χ0) is 48.2. The SMILES string of the molecule is CO[C@H]1CC2CC[C@@H](C)[C@@](O)(O2)C(=O)C(=O)N2CCCC[C@H]2C(=O)O[C@H](C(C)CC2CC[C@@H](O)[C@H](CO)C2)CC(=O)[C@H](C)C=C(C)[C@@H](O)C(C=O)C(=O)[C@H](C)CC(C)C=CC=CC=C1C. The molecule has 65 heavy (non-hydrogen) atoms. The number of piperidine rings is 1. The Morgan fingerprint density at radius 2 is 1.65 bits per heavy atom. The number of aldehydes is 1. The highest BCUT2D eigenvalue weighted by Gasteiger charge is 2.53. The van der Waals surface area contributed by atoms with Crippen molar-refractivity contribution in [3.63, 3.8) is 0 Å². The molecule has 0 aromatic carbocycles. The second kappa shape index (κ2) is 24.9. The van der Waals surface area contributed by atoms with Gasteiger partial charge in [-0.05, 0) is 107 Å². The number of cyclic esters (lactones) is 1. The first kappa shape index (κ1) is 54.0. The summed E-state index contributed by atoms with van der Waals surface area (Å²) in [5.41, 5.74) is 1.13. The highest BCUT2D eigenvalue weighted by molar-refractivity contribution is 6.39. The van der Waals surface area contributed by atoms with Crippen LogP contribution >= 0.6 is 0 Å². The maximum atomic E-state index is 14.3. The minimum atomic E-state index is -2.45. The maximum Gasteiger partial charge on any atom is 0.329 e. The van der Waals surface area contributed by atoms with Gasteiger partial charge in [-0.25, -0.2) is 4.79 Å². The van der Waals surface area contributed by atoms with Gasteiger partial charge in [0.2, 0.25) is 5.79 Å². The Morgan fingerprint density at radius 3 is 2.32 bits per heavy atom. The molecular weight excluding hydrogens is 835 g/mol. The van der Waals surface area contributed by atoms with Gasteiger partial charge < -0.3 is 44.3 Å². The third-order valence-corrected chi connectivity index (χ3v) is 14.6. The predicted molar refractivity (Wildman–Crippen MR) is 244 cm³/mol. The van der Waals surface area contributed by atoms with Crippen LogP contribution < -0.4 is 0 Å². The molecule has 4 rings (SSSR count). The third kappa shape index (κ3) is 14.2. The Balaban J connectivity index is 1.70. The largest absolute Gasteiger partial charge is 0.460 e. The molecule has 15 atom stereocenters. The molecule has 364 valence electrons. The molecule has 0 radical (unpaired) electrons. The van der Waals surface area contributed by atoms with Gasteiger partial charge in [0.25, 0.3) is 11.7 Å². The van der Waals surface area contributed by atoms with Crippen LogP contribution in [0.5, 0.6) is 0 Å². The van der Waals surface area contributed by atoms with E-state index in [1.165, 1.54) is 6.08 Å². The molecule has 1 saturated carbocycles. The van der Waals surface area contributed by atoms with Gasteiger partial charge in [-0.1, -0.05) is 71.1 Å². The number of carbonyl (C=O) groups excluding carboxylic acids is 6. The van der Waals surface area contributed by atoms with Gasteiger partial charge in [-0.15, -0.1) is 0 Å². The average Bonchev–Trinajstić information content (AvgIpc) is 3.28. The van der Waals surface area contributed by atoms with Crippen molar-refractivity contribution in [2.24, 2.45) is 47.3 Å². The zero-order valence-corrected chi connectivity index (χ0v) is 39.9. The van der Waals surface area contributed by atoms with Crippen LogP contribution in [0.15, 0.2) is 47.6 Å². The van der Waals surface area contributed by atoms with Gasteiger partial charge in [-0.3, -0.25) is 19.2 Å². The monoisotopic (exact) mass is 912 g/mol. The second-order valence-corrected chi connectivity index (χ2v) is 19.8. The number of esters is 1. The zero-order valence-electron chi connectivity index (χ0n) is 39.9. The molecule has 0 spiro atoms. The number of hydrogen-bond acceptors (Lipinski definition) is 13. The number of rotatable bonds is 6. The summed E-state index contributed by atoms with van der Waals surface area (Å²) in [6.45, 7) is 12.2. The van der Waals surface area contributed by atoms with Crippen molar-refractivity contribution in [1.29, 1.82) is 0 Å². The number of amides is 1. The number of hydrogen-bond donors (Lipinski definition) is 4. The molecule has 0 aromatic heterocycles. The quantitative estimate of drug-likeness (QED) is 0.0844. The number of aliphatic hydroxyl groups excluding tert-OH is 3. The minimum absolute atomic E-state index is 0.0460. The van der Waals surface area contributed by atoms with Crippen molar-refractivity contribution < 1.29 is 63.4 Å².